The summed E-state index contributed by atoms with van der Waals surface area (Å²) in [7, 11) is 2.90. The van der Waals surface area contributed by atoms with Crippen LogP contribution in [0.3, 0.4) is 0 Å². The number of likely N-dealkylation sites (N-methyl/N-ethyl adjacent to an activating group) is 1. The normalized spacial score (nSPS) is 11.8. The maximum Gasteiger partial charge on any atom is 0.330 e. The van der Waals surface area contributed by atoms with Crippen LogP contribution in [0.5, 0.6) is 5.75 Å². The molecule has 0 aromatic heterocycles. The smallest absolute Gasteiger partial charge is 0.330 e. The number of carboxylic acid groups (broad SMARTS) is 1. The highest BCUT2D eigenvalue weighted by atomic mass is 79.9. The number of ether oxygens (including phenoxy) is 1. The van der Waals surface area contributed by atoms with E-state index >= 15 is 0 Å². The third kappa shape index (κ3) is 2.99. The van der Waals surface area contributed by atoms with E-state index in [0.717, 1.165) is 9.37 Å². The second-order valence-electron chi connectivity index (χ2n) is 3.53. The van der Waals surface area contributed by atoms with Crippen molar-refractivity contribution in [2.24, 2.45) is 5.73 Å². The van der Waals surface area contributed by atoms with Crippen molar-refractivity contribution in [3.63, 3.8) is 0 Å². The van der Waals surface area contributed by atoms with Crippen LogP contribution in [0.2, 0.25) is 0 Å². The number of halogens is 1. The molecule has 0 aliphatic rings. The van der Waals surface area contributed by atoms with Crippen LogP contribution in [0.1, 0.15) is 0 Å². The monoisotopic (exact) mass is 316 g/mol. The number of carbonyl (C=O) groups is 2. The molecule has 18 heavy (non-hydrogen) atoms. The van der Waals surface area contributed by atoms with Gasteiger partial charge in [0.15, 0.2) is 6.04 Å². The highest BCUT2D eigenvalue weighted by Gasteiger charge is 2.27. The van der Waals surface area contributed by atoms with Gasteiger partial charge in [-0.15, -0.1) is 0 Å². The van der Waals surface area contributed by atoms with Crippen LogP contribution in [0, 0.1) is 0 Å². The number of amides is 1. The van der Waals surface area contributed by atoms with Gasteiger partial charge in [0.2, 0.25) is 0 Å². The minimum atomic E-state index is -1.60. The Labute approximate surface area is 112 Å². The molecule has 1 unspecified atom stereocenters. The molecule has 0 saturated heterocycles. The summed E-state index contributed by atoms with van der Waals surface area (Å²) >= 11 is 3.27. The maximum atomic E-state index is 11.8. The van der Waals surface area contributed by atoms with Crippen molar-refractivity contribution in [1.29, 1.82) is 0 Å². The van der Waals surface area contributed by atoms with Gasteiger partial charge in [-0.2, -0.15) is 0 Å². The van der Waals surface area contributed by atoms with Gasteiger partial charge in [0.05, 0.1) is 12.8 Å². The van der Waals surface area contributed by atoms with E-state index in [4.69, 9.17) is 15.6 Å². The van der Waals surface area contributed by atoms with Gasteiger partial charge in [0.25, 0.3) is 5.91 Å². The predicted octanol–water partition coefficient (Wildman–Crippen LogP) is 0.832. The number of nitrogens with two attached hydrogens (primary N) is 1. The van der Waals surface area contributed by atoms with Gasteiger partial charge in [-0.1, -0.05) is 15.9 Å². The first-order chi connectivity index (χ1) is 8.38. The number of aliphatic carboxylic acids is 1. The molecule has 0 bridgehead atoms. The van der Waals surface area contributed by atoms with E-state index in [0.29, 0.717) is 11.4 Å². The average Bonchev–Trinajstić information content (AvgIpc) is 2.35. The third-order valence-corrected chi connectivity index (χ3v) is 2.86. The van der Waals surface area contributed by atoms with Crippen LogP contribution in [0.25, 0.3) is 0 Å². The van der Waals surface area contributed by atoms with Gasteiger partial charge in [-0.3, -0.25) is 4.79 Å². The summed E-state index contributed by atoms with van der Waals surface area (Å²) in [5.74, 6) is -1.65. The fraction of sp³-hybridized carbons (Fsp3) is 0.273. The highest BCUT2D eigenvalue weighted by Crippen LogP contribution is 2.30. The lowest BCUT2D eigenvalue weighted by Crippen LogP contribution is -2.47. The van der Waals surface area contributed by atoms with E-state index in [2.05, 4.69) is 15.9 Å². The summed E-state index contributed by atoms with van der Waals surface area (Å²) in [6, 6.07) is 3.46. The molecule has 7 heteroatoms. The molecule has 0 radical (unpaired) electrons. The molecular weight excluding hydrogens is 304 g/mol. The second kappa shape index (κ2) is 5.83. The first-order valence-corrected chi connectivity index (χ1v) is 5.77. The zero-order valence-electron chi connectivity index (χ0n) is 9.88. The number of benzene rings is 1. The van der Waals surface area contributed by atoms with Crippen LogP contribution in [-0.2, 0) is 9.59 Å². The molecule has 0 fully saturated rings. The quantitative estimate of drug-likeness (QED) is 0.803. The van der Waals surface area contributed by atoms with Crippen molar-refractivity contribution in [2.45, 2.75) is 6.04 Å². The number of hydrogen-bond acceptors (Lipinski definition) is 4. The predicted molar refractivity (Wildman–Crippen MR) is 69.7 cm³/mol. The van der Waals surface area contributed by atoms with Gasteiger partial charge in [-0.25, -0.2) is 4.79 Å². The number of anilines is 1. The number of carboxylic acids is 1. The summed E-state index contributed by atoms with van der Waals surface area (Å²) < 4.78 is 5.85. The molecule has 1 atom stereocenters. The van der Waals surface area contributed by atoms with Crippen molar-refractivity contribution in [3.8, 4) is 5.75 Å². The minimum absolute atomic E-state index is 0.438. The summed E-state index contributed by atoms with van der Waals surface area (Å²) in [5, 5.41) is 8.72. The van der Waals surface area contributed by atoms with E-state index in [-0.39, 0.29) is 0 Å². The Morgan fingerprint density at radius 1 is 1.50 bits per heavy atom. The molecule has 0 aliphatic carbocycles. The first kappa shape index (κ1) is 14.5. The molecule has 3 N–H and O–H groups in total. The standard InChI is InChI=1S/C11H13BrN2O4/c1-14(10(15)9(13)11(16)17)7-5-6(12)3-4-8(7)18-2/h3-5,9H,13H2,1-2H3,(H,16,17). The van der Waals surface area contributed by atoms with Crippen LogP contribution in [0.15, 0.2) is 22.7 Å². The average molecular weight is 317 g/mol. The summed E-state index contributed by atoms with van der Waals surface area (Å²) in [6.45, 7) is 0. The number of rotatable bonds is 4. The third-order valence-electron chi connectivity index (χ3n) is 2.36. The summed E-state index contributed by atoms with van der Waals surface area (Å²) in [4.78, 5) is 23.7. The van der Waals surface area contributed by atoms with Gasteiger partial charge < -0.3 is 20.5 Å². The zero-order valence-corrected chi connectivity index (χ0v) is 11.5. The second-order valence-corrected chi connectivity index (χ2v) is 4.45. The van der Waals surface area contributed by atoms with Crippen LogP contribution in [0.4, 0.5) is 5.69 Å². The largest absolute Gasteiger partial charge is 0.495 e. The molecule has 1 aromatic carbocycles. The molecule has 0 saturated carbocycles. The van der Waals surface area contributed by atoms with E-state index in [9.17, 15) is 9.59 Å². The van der Waals surface area contributed by atoms with E-state index in [1.807, 2.05) is 0 Å². The highest BCUT2D eigenvalue weighted by molar-refractivity contribution is 9.10. The number of methoxy groups -OCH3 is 1. The maximum absolute atomic E-state index is 11.8. The Bertz CT molecular complexity index is 478. The summed E-state index contributed by atoms with van der Waals surface area (Å²) in [6.07, 6.45) is 0. The van der Waals surface area contributed by atoms with Gasteiger partial charge in [-0.05, 0) is 18.2 Å². The van der Waals surface area contributed by atoms with E-state index < -0.39 is 17.9 Å². The van der Waals surface area contributed by atoms with Gasteiger partial charge in [0, 0.05) is 11.5 Å². The van der Waals surface area contributed by atoms with E-state index in [1.165, 1.54) is 14.2 Å². The lowest BCUT2D eigenvalue weighted by molar-refractivity contribution is -0.142. The fourth-order valence-corrected chi connectivity index (χ4v) is 1.71. The fourth-order valence-electron chi connectivity index (χ4n) is 1.36. The SMILES string of the molecule is COc1ccc(Br)cc1N(C)C(=O)C(N)C(=O)O. The molecule has 0 heterocycles. The molecule has 1 amide bonds. The Hall–Kier alpha value is -1.60. The molecule has 0 spiro atoms. The van der Waals surface area contributed by atoms with Crippen molar-refractivity contribution >= 4 is 33.5 Å². The molecular formula is C11H13BrN2O4. The molecule has 0 aliphatic heterocycles. The first-order valence-electron chi connectivity index (χ1n) is 4.98. The van der Waals surface area contributed by atoms with Crippen molar-refractivity contribution < 1.29 is 19.4 Å². The zero-order chi connectivity index (χ0) is 13.9. The van der Waals surface area contributed by atoms with Crippen LogP contribution in [-0.4, -0.2) is 37.2 Å². The molecule has 98 valence electrons. The topological polar surface area (TPSA) is 92.9 Å². The van der Waals surface area contributed by atoms with Gasteiger partial charge in [0.1, 0.15) is 5.75 Å². The number of hydrogen-bond donors (Lipinski definition) is 2. The lowest BCUT2D eigenvalue weighted by atomic mass is 10.2. The summed E-state index contributed by atoms with van der Waals surface area (Å²) in [5.41, 5.74) is 5.72. The van der Waals surface area contributed by atoms with Crippen molar-refractivity contribution in [1.82, 2.24) is 0 Å². The number of nitrogens with zero attached hydrogens (tertiary/aromatic N) is 1. The minimum Gasteiger partial charge on any atom is -0.495 e. The van der Waals surface area contributed by atoms with Crippen molar-refractivity contribution in [2.75, 3.05) is 19.1 Å². The van der Waals surface area contributed by atoms with Crippen LogP contribution < -0.4 is 15.4 Å². The molecule has 6 nitrogen and oxygen atoms in total. The molecule has 1 rings (SSSR count). The Balaban J connectivity index is 3.10. The Morgan fingerprint density at radius 3 is 2.61 bits per heavy atom. The van der Waals surface area contributed by atoms with E-state index in [1.54, 1.807) is 18.2 Å². The Kier molecular flexibility index (Phi) is 4.69. The van der Waals surface area contributed by atoms with Gasteiger partial charge >= 0.3 is 5.97 Å². The van der Waals surface area contributed by atoms with Crippen molar-refractivity contribution in [3.05, 3.63) is 22.7 Å². The Morgan fingerprint density at radius 2 is 2.11 bits per heavy atom. The molecule has 1 aromatic rings. The number of carbonyl (C=O) groups excluding carboxylic acids is 1. The van der Waals surface area contributed by atoms with Crippen LogP contribution >= 0.6 is 15.9 Å². The lowest BCUT2D eigenvalue weighted by Gasteiger charge is -2.21.